The van der Waals surface area contributed by atoms with Crippen molar-refractivity contribution >= 4 is 45.5 Å². The highest BCUT2D eigenvalue weighted by Crippen LogP contribution is 2.57. The van der Waals surface area contributed by atoms with Crippen LogP contribution in [-0.4, -0.2) is 24.5 Å². The summed E-state index contributed by atoms with van der Waals surface area (Å²) in [4.78, 5) is 17.2. The first kappa shape index (κ1) is 26.3. The highest BCUT2D eigenvalue weighted by molar-refractivity contribution is 7.72. The Morgan fingerprint density at radius 2 is 1.71 bits per heavy atom. The van der Waals surface area contributed by atoms with Crippen molar-refractivity contribution in [2.24, 2.45) is 0 Å². The molecule has 38 heavy (non-hydrogen) atoms. The van der Waals surface area contributed by atoms with Gasteiger partial charge in [-0.05, 0) is 67.3 Å². The highest BCUT2D eigenvalue weighted by atomic mass is 35.5. The molecule has 11 heteroatoms. The van der Waals surface area contributed by atoms with E-state index in [9.17, 15) is 17.6 Å². The van der Waals surface area contributed by atoms with Gasteiger partial charge in [0.15, 0.2) is 5.82 Å². The van der Waals surface area contributed by atoms with Crippen LogP contribution in [0.1, 0.15) is 47.5 Å². The van der Waals surface area contributed by atoms with Gasteiger partial charge in [-0.2, -0.15) is 4.98 Å². The van der Waals surface area contributed by atoms with Gasteiger partial charge in [-0.25, -0.2) is 12.8 Å². The van der Waals surface area contributed by atoms with Crippen LogP contribution in [0.15, 0.2) is 65.2 Å². The van der Waals surface area contributed by atoms with Crippen LogP contribution >= 0.6 is 23.2 Å². The minimum absolute atomic E-state index is 0.0914. The van der Waals surface area contributed by atoms with E-state index < -0.39 is 21.4 Å². The van der Waals surface area contributed by atoms with E-state index in [0.717, 1.165) is 18.4 Å². The average Bonchev–Trinajstić information content (AvgIpc) is 3.50. The van der Waals surface area contributed by atoms with Crippen molar-refractivity contribution in [1.29, 1.82) is 0 Å². The zero-order chi connectivity index (χ0) is 27.0. The molecule has 3 aromatic carbocycles. The zero-order valence-electron chi connectivity index (χ0n) is 20.1. The third-order valence-corrected chi connectivity index (χ3v) is 8.17. The number of thiol groups is 1. The quantitative estimate of drug-likeness (QED) is 0.246. The van der Waals surface area contributed by atoms with Crippen LogP contribution < -0.4 is 5.32 Å². The van der Waals surface area contributed by atoms with Crippen molar-refractivity contribution in [2.75, 3.05) is 5.32 Å². The lowest BCUT2D eigenvalue weighted by Gasteiger charge is -2.17. The third kappa shape index (κ3) is 5.32. The first-order valence-electron chi connectivity index (χ1n) is 11.8. The summed E-state index contributed by atoms with van der Waals surface area (Å²) in [7, 11) is -2.57. The molecule has 1 unspecified atom stereocenters. The van der Waals surface area contributed by atoms with E-state index in [2.05, 4.69) is 15.5 Å². The maximum Gasteiger partial charge on any atom is 0.257 e. The standard InChI is InChI=1S/C27H22Cl2FN3O4S/c1-15(38(35)36)17-4-2-16(3-5-17)12-23(34)31-20-13-21(28)24(22(29)14-20)27(10-11-27)26-32-25(37-33-26)18-6-8-19(30)9-7-18/h2-9,13-15,38H,10-12H2,1H3,(H,31,34). The predicted molar refractivity (Wildman–Crippen MR) is 144 cm³/mol. The molecule has 1 aliphatic carbocycles. The maximum atomic E-state index is 13.3. The van der Waals surface area contributed by atoms with E-state index in [-0.39, 0.29) is 24.0 Å². The van der Waals surface area contributed by atoms with Gasteiger partial charge in [0.1, 0.15) is 16.5 Å². The van der Waals surface area contributed by atoms with E-state index in [1.54, 1.807) is 55.5 Å². The Labute approximate surface area is 229 Å². The molecule has 0 radical (unpaired) electrons. The molecule has 1 heterocycles. The fourth-order valence-electron chi connectivity index (χ4n) is 4.37. The summed E-state index contributed by atoms with van der Waals surface area (Å²) >= 11 is 13.3. The fourth-order valence-corrected chi connectivity index (χ4v) is 5.63. The number of nitrogens with one attached hydrogen (secondary N) is 1. The van der Waals surface area contributed by atoms with E-state index in [1.165, 1.54) is 12.1 Å². The molecule has 1 atom stereocenters. The van der Waals surface area contributed by atoms with Crippen molar-refractivity contribution in [2.45, 2.75) is 36.9 Å². The number of hydrogen-bond donors (Lipinski definition) is 2. The summed E-state index contributed by atoms with van der Waals surface area (Å²) in [6.45, 7) is 1.61. The molecule has 1 aliphatic rings. The molecule has 1 N–H and O–H groups in total. The van der Waals surface area contributed by atoms with Gasteiger partial charge in [0, 0.05) is 26.9 Å². The number of anilines is 1. The van der Waals surface area contributed by atoms with Gasteiger partial charge in [-0.3, -0.25) is 4.79 Å². The lowest BCUT2D eigenvalue weighted by molar-refractivity contribution is -0.115. The van der Waals surface area contributed by atoms with Crippen molar-refractivity contribution in [3.63, 3.8) is 0 Å². The Morgan fingerprint density at radius 1 is 1.08 bits per heavy atom. The predicted octanol–water partition coefficient (Wildman–Crippen LogP) is 6.12. The lowest BCUT2D eigenvalue weighted by Crippen LogP contribution is -2.16. The van der Waals surface area contributed by atoms with Crippen molar-refractivity contribution in [3.05, 3.63) is 99.0 Å². The Kier molecular flexibility index (Phi) is 7.26. The largest absolute Gasteiger partial charge is 0.334 e. The van der Waals surface area contributed by atoms with Crippen LogP contribution in [0.5, 0.6) is 0 Å². The summed E-state index contributed by atoms with van der Waals surface area (Å²) in [5.74, 6) is 0.0765. The lowest BCUT2D eigenvalue weighted by atomic mass is 9.94. The SMILES string of the molecule is CC(c1ccc(CC(=O)Nc2cc(Cl)c(C3(c4noc(-c5ccc(F)cc5)n4)CC3)c(Cl)c2)cc1)[SH](=O)=O. The van der Waals surface area contributed by atoms with Crippen molar-refractivity contribution < 1.29 is 22.1 Å². The van der Waals surface area contributed by atoms with Crippen molar-refractivity contribution in [1.82, 2.24) is 10.1 Å². The molecule has 0 saturated heterocycles. The summed E-state index contributed by atoms with van der Waals surface area (Å²) in [5, 5.41) is 7.10. The first-order chi connectivity index (χ1) is 18.2. The van der Waals surface area contributed by atoms with Gasteiger partial charge >= 0.3 is 0 Å². The maximum absolute atomic E-state index is 13.3. The Hall–Kier alpha value is -3.27. The summed E-state index contributed by atoms with van der Waals surface area (Å²) in [5.41, 5.74) is 2.50. The van der Waals surface area contributed by atoms with E-state index >= 15 is 0 Å². The molecule has 0 spiro atoms. The second-order valence-corrected chi connectivity index (χ2v) is 11.4. The number of amides is 1. The number of carbonyl (C=O) groups is 1. The number of nitrogens with zero attached hydrogens (tertiary/aromatic N) is 2. The van der Waals surface area contributed by atoms with Gasteiger partial charge in [0.25, 0.3) is 5.89 Å². The summed E-state index contributed by atoms with van der Waals surface area (Å²) in [6, 6.07) is 15.9. The van der Waals surface area contributed by atoms with Crippen LogP contribution in [0.2, 0.25) is 10.0 Å². The summed E-state index contributed by atoms with van der Waals surface area (Å²) < 4.78 is 41.1. The molecule has 1 aromatic heterocycles. The second kappa shape index (κ2) is 10.5. The van der Waals surface area contributed by atoms with Gasteiger partial charge in [-0.1, -0.05) is 52.6 Å². The Morgan fingerprint density at radius 3 is 2.29 bits per heavy atom. The molecule has 196 valence electrons. The third-order valence-electron chi connectivity index (χ3n) is 6.64. The van der Waals surface area contributed by atoms with Crippen LogP contribution in [0.4, 0.5) is 10.1 Å². The molecule has 5 rings (SSSR count). The van der Waals surface area contributed by atoms with E-state index in [0.29, 0.717) is 38.2 Å². The number of aromatic nitrogens is 2. The molecule has 1 fully saturated rings. The number of carbonyl (C=O) groups excluding carboxylic acids is 1. The van der Waals surface area contributed by atoms with Crippen molar-refractivity contribution in [3.8, 4) is 11.5 Å². The van der Waals surface area contributed by atoms with Crippen LogP contribution in [0.3, 0.4) is 0 Å². The zero-order valence-corrected chi connectivity index (χ0v) is 22.5. The van der Waals surface area contributed by atoms with E-state index in [4.69, 9.17) is 27.7 Å². The minimum atomic E-state index is -2.57. The minimum Gasteiger partial charge on any atom is -0.334 e. The van der Waals surface area contributed by atoms with Gasteiger partial charge < -0.3 is 9.84 Å². The van der Waals surface area contributed by atoms with Gasteiger partial charge in [-0.15, -0.1) is 0 Å². The molecule has 7 nitrogen and oxygen atoms in total. The Bertz CT molecular complexity index is 1550. The molecule has 1 amide bonds. The second-order valence-electron chi connectivity index (χ2n) is 9.25. The Balaban J connectivity index is 1.31. The molecule has 0 aliphatic heterocycles. The van der Waals surface area contributed by atoms with Crippen LogP contribution in [-0.2, 0) is 27.3 Å². The van der Waals surface area contributed by atoms with Gasteiger partial charge in [0.05, 0.1) is 17.1 Å². The molecular weight excluding hydrogens is 552 g/mol. The molecule has 1 saturated carbocycles. The number of rotatable bonds is 8. The molecule has 0 bridgehead atoms. The smallest absolute Gasteiger partial charge is 0.257 e. The normalized spacial score (nSPS) is 14.9. The fraction of sp³-hybridized carbons (Fsp3) is 0.222. The van der Waals surface area contributed by atoms with Crippen LogP contribution in [0, 0.1) is 5.82 Å². The monoisotopic (exact) mass is 573 g/mol. The number of benzene rings is 3. The molecular formula is C27H22Cl2FN3O4S. The number of halogens is 3. The average molecular weight is 574 g/mol. The van der Waals surface area contributed by atoms with Gasteiger partial charge in [0.2, 0.25) is 5.91 Å². The summed E-state index contributed by atoms with van der Waals surface area (Å²) in [6.07, 6.45) is 1.53. The highest BCUT2D eigenvalue weighted by Gasteiger charge is 2.52. The molecule has 4 aromatic rings. The van der Waals surface area contributed by atoms with E-state index in [1.807, 2.05) is 0 Å². The first-order valence-corrected chi connectivity index (χ1v) is 13.8. The topological polar surface area (TPSA) is 102 Å². The number of hydrogen-bond acceptors (Lipinski definition) is 6. The van der Waals surface area contributed by atoms with Crippen LogP contribution in [0.25, 0.3) is 11.5 Å².